The molecule has 0 amide bonds. The molecule has 0 radical (unpaired) electrons. The summed E-state index contributed by atoms with van der Waals surface area (Å²) in [6, 6.07) is 13.8. The van der Waals surface area contributed by atoms with E-state index in [2.05, 4.69) is 62.6 Å². The predicted octanol–water partition coefficient (Wildman–Crippen LogP) is 3.85. The molecule has 0 heterocycles. The Morgan fingerprint density at radius 3 is 2.53 bits per heavy atom. The number of benzene rings is 2. The van der Waals surface area contributed by atoms with E-state index >= 15 is 0 Å². The van der Waals surface area contributed by atoms with Crippen LogP contribution in [0.4, 0.5) is 0 Å². The van der Waals surface area contributed by atoms with Crippen LogP contribution in [0.15, 0.2) is 36.4 Å². The minimum absolute atomic E-state index is 0.504. The van der Waals surface area contributed by atoms with Crippen LogP contribution in [0.5, 0.6) is 0 Å². The van der Waals surface area contributed by atoms with Gasteiger partial charge >= 0.3 is 0 Å². The lowest BCUT2D eigenvalue weighted by Gasteiger charge is -2.17. The summed E-state index contributed by atoms with van der Waals surface area (Å²) in [4.78, 5) is 0. The Morgan fingerprint density at radius 1 is 1.00 bits per heavy atom. The van der Waals surface area contributed by atoms with Crippen molar-refractivity contribution in [1.29, 1.82) is 0 Å². The summed E-state index contributed by atoms with van der Waals surface area (Å²) in [6.07, 6.45) is 0. The van der Waals surface area contributed by atoms with Gasteiger partial charge in [-0.2, -0.15) is 0 Å². The average Bonchev–Trinajstić information content (AvgIpc) is 2.62. The molecule has 88 valence electrons. The minimum atomic E-state index is 0.504. The highest BCUT2D eigenvalue weighted by Gasteiger charge is 2.35. The van der Waals surface area contributed by atoms with Gasteiger partial charge in [0.2, 0.25) is 0 Å². The lowest BCUT2D eigenvalue weighted by molar-refractivity contribution is 0.402. The van der Waals surface area contributed by atoms with Crippen LogP contribution in [0.25, 0.3) is 10.8 Å². The molecule has 3 unspecified atom stereocenters. The molecule has 1 aliphatic rings. The van der Waals surface area contributed by atoms with Crippen LogP contribution in [0, 0.1) is 5.92 Å². The van der Waals surface area contributed by atoms with E-state index < -0.39 is 0 Å². The molecule has 2 aromatic rings. The van der Waals surface area contributed by atoms with E-state index in [1.807, 2.05) is 0 Å². The molecule has 3 rings (SSSR count). The van der Waals surface area contributed by atoms with Crippen LogP contribution in [0.3, 0.4) is 0 Å². The SMILES string of the molecule is CNC1c2ccc3ccccc3c2C(C)C1C. The monoisotopic (exact) mass is 225 g/mol. The summed E-state index contributed by atoms with van der Waals surface area (Å²) in [5, 5.41) is 6.26. The van der Waals surface area contributed by atoms with Crippen molar-refractivity contribution in [3.63, 3.8) is 0 Å². The molecular formula is C16H19N. The summed E-state index contributed by atoms with van der Waals surface area (Å²) < 4.78 is 0. The Morgan fingerprint density at radius 2 is 1.76 bits per heavy atom. The van der Waals surface area contributed by atoms with Crippen LogP contribution in [0.2, 0.25) is 0 Å². The standard InChI is InChI=1S/C16H19N/c1-10-11(2)16(17-3)14-9-8-12-6-4-5-7-13(12)15(10)14/h4-11,16-17H,1-3H3. The molecule has 2 aromatic carbocycles. The van der Waals surface area contributed by atoms with E-state index in [4.69, 9.17) is 0 Å². The molecule has 1 heteroatoms. The zero-order valence-corrected chi connectivity index (χ0v) is 10.7. The van der Waals surface area contributed by atoms with Gasteiger partial charge in [0.25, 0.3) is 0 Å². The van der Waals surface area contributed by atoms with Crippen molar-refractivity contribution in [2.45, 2.75) is 25.8 Å². The Hall–Kier alpha value is -1.34. The third-order valence-electron chi connectivity index (χ3n) is 4.42. The van der Waals surface area contributed by atoms with Gasteiger partial charge in [0, 0.05) is 6.04 Å². The molecule has 0 aliphatic heterocycles. The van der Waals surface area contributed by atoms with Crippen LogP contribution in [-0.2, 0) is 0 Å². The van der Waals surface area contributed by atoms with Crippen LogP contribution in [0.1, 0.15) is 36.9 Å². The maximum absolute atomic E-state index is 3.46. The van der Waals surface area contributed by atoms with Gasteiger partial charge in [-0.15, -0.1) is 0 Å². The zero-order valence-electron chi connectivity index (χ0n) is 10.7. The molecule has 1 nitrogen and oxygen atoms in total. The molecular weight excluding hydrogens is 206 g/mol. The van der Waals surface area contributed by atoms with Gasteiger partial charge < -0.3 is 5.32 Å². The first-order valence-electron chi connectivity index (χ1n) is 6.43. The van der Waals surface area contributed by atoms with Gasteiger partial charge in [-0.1, -0.05) is 50.2 Å². The fraction of sp³-hybridized carbons (Fsp3) is 0.375. The Kier molecular flexibility index (Phi) is 2.44. The van der Waals surface area contributed by atoms with Crippen molar-refractivity contribution < 1.29 is 0 Å². The van der Waals surface area contributed by atoms with E-state index in [1.54, 1.807) is 5.56 Å². The fourth-order valence-electron chi connectivity index (χ4n) is 3.35. The Balaban J connectivity index is 2.31. The van der Waals surface area contributed by atoms with Crippen molar-refractivity contribution in [2.75, 3.05) is 7.05 Å². The Labute approximate surface area is 103 Å². The van der Waals surface area contributed by atoms with Gasteiger partial charge in [0.1, 0.15) is 0 Å². The summed E-state index contributed by atoms with van der Waals surface area (Å²) in [5.74, 6) is 1.30. The molecule has 0 saturated carbocycles. The maximum atomic E-state index is 3.46. The van der Waals surface area contributed by atoms with Gasteiger partial charge in [0.15, 0.2) is 0 Å². The molecule has 0 spiro atoms. The van der Waals surface area contributed by atoms with Crippen molar-refractivity contribution in [3.05, 3.63) is 47.5 Å². The number of fused-ring (bicyclic) bond motifs is 3. The van der Waals surface area contributed by atoms with Crippen molar-refractivity contribution in [2.24, 2.45) is 5.92 Å². The van der Waals surface area contributed by atoms with E-state index in [0.717, 1.165) is 0 Å². The second-order valence-corrected chi connectivity index (χ2v) is 5.20. The van der Waals surface area contributed by atoms with Gasteiger partial charge in [0.05, 0.1) is 0 Å². The normalized spacial score (nSPS) is 27.4. The second-order valence-electron chi connectivity index (χ2n) is 5.20. The molecule has 1 N–H and O–H groups in total. The summed E-state index contributed by atoms with van der Waals surface area (Å²) in [6.45, 7) is 4.70. The first-order chi connectivity index (χ1) is 8.24. The zero-order chi connectivity index (χ0) is 12.0. The maximum Gasteiger partial charge on any atom is 0.0352 e. The summed E-state index contributed by atoms with van der Waals surface area (Å²) in [7, 11) is 2.07. The third-order valence-corrected chi connectivity index (χ3v) is 4.42. The van der Waals surface area contributed by atoms with E-state index in [9.17, 15) is 0 Å². The minimum Gasteiger partial charge on any atom is -0.313 e. The van der Waals surface area contributed by atoms with Gasteiger partial charge in [-0.05, 0) is 40.8 Å². The molecule has 0 bridgehead atoms. The lowest BCUT2D eigenvalue weighted by atomic mass is 9.92. The topological polar surface area (TPSA) is 12.0 Å². The van der Waals surface area contributed by atoms with E-state index in [1.165, 1.54) is 16.3 Å². The predicted molar refractivity (Wildman–Crippen MR) is 73.3 cm³/mol. The second kappa shape index (κ2) is 3.85. The highest BCUT2D eigenvalue weighted by Crippen LogP contribution is 2.47. The third kappa shape index (κ3) is 1.42. The molecule has 0 aromatic heterocycles. The first kappa shape index (κ1) is 10.8. The van der Waals surface area contributed by atoms with Crippen LogP contribution < -0.4 is 5.32 Å². The van der Waals surface area contributed by atoms with Crippen molar-refractivity contribution >= 4 is 10.8 Å². The number of hydrogen-bond donors (Lipinski definition) is 1. The van der Waals surface area contributed by atoms with Gasteiger partial charge in [-0.25, -0.2) is 0 Å². The lowest BCUT2D eigenvalue weighted by Crippen LogP contribution is -2.20. The van der Waals surface area contributed by atoms with Crippen molar-refractivity contribution in [3.8, 4) is 0 Å². The largest absolute Gasteiger partial charge is 0.313 e. The number of hydrogen-bond acceptors (Lipinski definition) is 1. The highest BCUT2D eigenvalue weighted by atomic mass is 14.9. The van der Waals surface area contributed by atoms with E-state index in [-0.39, 0.29) is 0 Å². The molecule has 17 heavy (non-hydrogen) atoms. The fourth-order valence-corrected chi connectivity index (χ4v) is 3.35. The molecule has 0 fully saturated rings. The van der Waals surface area contributed by atoms with E-state index in [0.29, 0.717) is 17.9 Å². The van der Waals surface area contributed by atoms with Crippen LogP contribution in [-0.4, -0.2) is 7.05 Å². The molecule has 3 atom stereocenters. The number of nitrogens with one attached hydrogen (secondary N) is 1. The highest BCUT2D eigenvalue weighted by molar-refractivity contribution is 5.88. The molecule has 1 aliphatic carbocycles. The smallest absolute Gasteiger partial charge is 0.0352 e. The quantitative estimate of drug-likeness (QED) is 0.777. The molecule has 0 saturated heterocycles. The summed E-state index contributed by atoms with van der Waals surface area (Å²) in [5.41, 5.74) is 3.04. The van der Waals surface area contributed by atoms with Crippen LogP contribution >= 0.6 is 0 Å². The van der Waals surface area contributed by atoms with Crippen molar-refractivity contribution in [1.82, 2.24) is 5.32 Å². The average molecular weight is 225 g/mol. The Bertz CT molecular complexity index is 558. The first-order valence-corrected chi connectivity index (χ1v) is 6.43. The number of rotatable bonds is 1. The summed E-state index contributed by atoms with van der Waals surface area (Å²) >= 11 is 0. The van der Waals surface area contributed by atoms with Gasteiger partial charge in [-0.3, -0.25) is 0 Å².